The highest BCUT2D eigenvalue weighted by Crippen LogP contribution is 2.06. The van der Waals surface area contributed by atoms with Crippen LogP contribution in [0.2, 0.25) is 0 Å². The summed E-state index contributed by atoms with van der Waals surface area (Å²) in [5.41, 5.74) is -0.498. The third-order valence-electron chi connectivity index (χ3n) is 1.49. The third kappa shape index (κ3) is 4.39. The van der Waals surface area contributed by atoms with E-state index >= 15 is 0 Å². The van der Waals surface area contributed by atoms with Gasteiger partial charge in [0, 0.05) is 6.54 Å². The highest BCUT2D eigenvalue weighted by molar-refractivity contribution is 7.80. The summed E-state index contributed by atoms with van der Waals surface area (Å²) < 4.78 is 6.47. The van der Waals surface area contributed by atoms with Gasteiger partial charge in [0.05, 0.1) is 6.54 Å². The average Bonchev–Trinajstić information content (AvgIpc) is 2.48. The van der Waals surface area contributed by atoms with Gasteiger partial charge in [0.1, 0.15) is 5.60 Å². The van der Waals surface area contributed by atoms with E-state index in [-0.39, 0.29) is 0 Å². The quantitative estimate of drug-likeness (QED) is 0.848. The zero-order valence-corrected chi connectivity index (χ0v) is 10.2. The Labute approximate surface area is 98.9 Å². The lowest BCUT2D eigenvalue weighted by molar-refractivity contribution is 0.0525. The number of aromatic nitrogens is 4. The largest absolute Gasteiger partial charge is 0.444 e. The molecule has 0 fully saturated rings. The van der Waals surface area contributed by atoms with Gasteiger partial charge in [-0.15, -0.1) is 0 Å². The number of tetrazole rings is 1. The van der Waals surface area contributed by atoms with Crippen LogP contribution < -0.4 is 5.32 Å². The SMILES string of the molecule is CC(C)(C)OC(=O)NCCn1nnnc1[S]. The van der Waals surface area contributed by atoms with Crippen LogP contribution in [0.15, 0.2) is 5.16 Å². The molecule has 0 bridgehead atoms. The second-order valence-electron chi connectivity index (χ2n) is 4.11. The second-order valence-corrected chi connectivity index (χ2v) is 4.48. The number of nitrogens with zero attached hydrogens (tertiary/aromatic N) is 4. The first-order chi connectivity index (χ1) is 7.38. The van der Waals surface area contributed by atoms with Gasteiger partial charge in [0.2, 0.25) is 5.16 Å². The van der Waals surface area contributed by atoms with E-state index in [1.54, 1.807) is 20.8 Å². The molecule has 1 N–H and O–H groups in total. The Morgan fingerprint density at radius 1 is 1.56 bits per heavy atom. The highest BCUT2D eigenvalue weighted by Gasteiger charge is 2.15. The first-order valence-corrected chi connectivity index (χ1v) is 5.19. The van der Waals surface area contributed by atoms with Gasteiger partial charge in [-0.1, -0.05) is 5.10 Å². The van der Waals surface area contributed by atoms with Crippen LogP contribution in [0.25, 0.3) is 0 Å². The molecule has 7 nitrogen and oxygen atoms in total. The summed E-state index contributed by atoms with van der Waals surface area (Å²) >= 11 is 4.83. The van der Waals surface area contributed by atoms with Crippen molar-refractivity contribution in [2.45, 2.75) is 38.1 Å². The van der Waals surface area contributed by atoms with Crippen molar-refractivity contribution in [2.75, 3.05) is 6.54 Å². The first kappa shape index (κ1) is 12.6. The molecule has 1 aromatic rings. The molecule has 0 aliphatic rings. The molecule has 1 amide bonds. The van der Waals surface area contributed by atoms with Gasteiger partial charge in [0.15, 0.2) is 0 Å². The molecule has 1 heterocycles. The van der Waals surface area contributed by atoms with Gasteiger partial charge in [-0.05, 0) is 43.8 Å². The number of alkyl carbamates (subject to hydrolysis) is 1. The zero-order chi connectivity index (χ0) is 12.2. The van der Waals surface area contributed by atoms with Crippen molar-refractivity contribution < 1.29 is 9.53 Å². The minimum Gasteiger partial charge on any atom is -0.444 e. The van der Waals surface area contributed by atoms with Crippen LogP contribution in [-0.2, 0) is 11.3 Å². The van der Waals surface area contributed by atoms with Crippen molar-refractivity contribution in [1.29, 1.82) is 0 Å². The van der Waals surface area contributed by atoms with Crippen molar-refractivity contribution in [2.24, 2.45) is 0 Å². The number of carbonyl (C=O) groups excluding carboxylic acids is 1. The fourth-order valence-electron chi connectivity index (χ4n) is 0.915. The Kier molecular flexibility index (Phi) is 3.99. The molecule has 0 saturated carbocycles. The van der Waals surface area contributed by atoms with Crippen molar-refractivity contribution in [3.05, 3.63) is 0 Å². The molecule has 0 aliphatic heterocycles. The minimum absolute atomic E-state index is 0.297. The van der Waals surface area contributed by atoms with Crippen molar-refractivity contribution >= 4 is 18.7 Å². The third-order valence-corrected chi connectivity index (χ3v) is 1.78. The van der Waals surface area contributed by atoms with Crippen LogP contribution >= 0.6 is 12.6 Å². The molecule has 89 valence electrons. The molecule has 16 heavy (non-hydrogen) atoms. The number of amides is 1. The molecule has 1 rings (SSSR count). The van der Waals surface area contributed by atoms with E-state index in [2.05, 4.69) is 20.8 Å². The number of nitrogens with one attached hydrogen (secondary N) is 1. The van der Waals surface area contributed by atoms with Gasteiger partial charge < -0.3 is 10.1 Å². The highest BCUT2D eigenvalue weighted by atomic mass is 32.1. The Hall–Kier alpha value is -1.44. The van der Waals surface area contributed by atoms with Crippen molar-refractivity contribution in [3.63, 3.8) is 0 Å². The Balaban J connectivity index is 2.26. The van der Waals surface area contributed by atoms with Crippen LogP contribution in [-0.4, -0.2) is 38.4 Å². The number of hydrogen-bond donors (Lipinski definition) is 1. The molecule has 0 spiro atoms. The van der Waals surface area contributed by atoms with Gasteiger partial charge in [0.25, 0.3) is 0 Å². The predicted octanol–water partition coefficient (Wildman–Crippen LogP) is 0.754. The molecule has 8 heteroatoms. The van der Waals surface area contributed by atoms with Crippen molar-refractivity contribution in [1.82, 2.24) is 25.5 Å². The molecule has 0 aromatic carbocycles. The van der Waals surface area contributed by atoms with Crippen LogP contribution in [0.4, 0.5) is 4.79 Å². The van der Waals surface area contributed by atoms with E-state index in [9.17, 15) is 4.79 Å². The van der Waals surface area contributed by atoms with E-state index in [0.717, 1.165) is 0 Å². The molecular weight excluding hydrogens is 230 g/mol. The molecule has 0 atom stereocenters. The fraction of sp³-hybridized carbons (Fsp3) is 0.750. The summed E-state index contributed by atoms with van der Waals surface area (Å²) in [5.74, 6) is 0. The monoisotopic (exact) mass is 244 g/mol. The molecule has 0 saturated heterocycles. The molecule has 1 radical (unpaired) electrons. The van der Waals surface area contributed by atoms with E-state index in [1.807, 2.05) is 0 Å². The van der Waals surface area contributed by atoms with Gasteiger partial charge in [-0.3, -0.25) is 0 Å². The van der Waals surface area contributed by atoms with Crippen LogP contribution in [0.1, 0.15) is 20.8 Å². The number of carbonyl (C=O) groups is 1. The summed E-state index contributed by atoms with van der Waals surface area (Å²) in [7, 11) is 0. The molecule has 0 aliphatic carbocycles. The molecule has 1 aromatic heterocycles. The maximum absolute atomic E-state index is 11.3. The summed E-state index contributed by atoms with van der Waals surface area (Å²) in [6.45, 7) is 6.19. The minimum atomic E-state index is -0.498. The van der Waals surface area contributed by atoms with E-state index in [0.29, 0.717) is 18.2 Å². The second kappa shape index (κ2) is 5.06. The summed E-state index contributed by atoms with van der Waals surface area (Å²) in [6, 6.07) is 0. The van der Waals surface area contributed by atoms with Crippen LogP contribution in [0.5, 0.6) is 0 Å². The standard InChI is InChI=1S/C8H14N5O2S/c1-8(2,3)15-7(14)9-4-5-13-6(16)10-11-12-13/h4-5H2,1-3H3,(H,9,14). The lowest BCUT2D eigenvalue weighted by Crippen LogP contribution is -2.34. The van der Waals surface area contributed by atoms with E-state index in [1.165, 1.54) is 4.68 Å². The normalized spacial score (nSPS) is 11.2. The first-order valence-electron chi connectivity index (χ1n) is 4.78. The lowest BCUT2D eigenvalue weighted by Gasteiger charge is -2.19. The Morgan fingerprint density at radius 2 is 2.25 bits per heavy atom. The van der Waals surface area contributed by atoms with Crippen molar-refractivity contribution in [3.8, 4) is 0 Å². The van der Waals surface area contributed by atoms with Gasteiger partial charge >= 0.3 is 6.09 Å². The number of hydrogen-bond acceptors (Lipinski definition) is 5. The maximum Gasteiger partial charge on any atom is 0.407 e. The summed E-state index contributed by atoms with van der Waals surface area (Å²) in [4.78, 5) is 11.3. The topological polar surface area (TPSA) is 81.9 Å². The van der Waals surface area contributed by atoms with E-state index < -0.39 is 11.7 Å². The smallest absolute Gasteiger partial charge is 0.407 e. The molecular formula is C8H14N5O2S. The molecule has 0 unspecified atom stereocenters. The Morgan fingerprint density at radius 3 is 2.75 bits per heavy atom. The maximum atomic E-state index is 11.3. The predicted molar refractivity (Wildman–Crippen MR) is 57.9 cm³/mol. The van der Waals surface area contributed by atoms with Crippen LogP contribution in [0, 0.1) is 0 Å². The number of ether oxygens (including phenoxy) is 1. The van der Waals surface area contributed by atoms with E-state index in [4.69, 9.17) is 17.4 Å². The summed E-state index contributed by atoms with van der Waals surface area (Å²) in [5, 5.41) is 13.5. The summed E-state index contributed by atoms with van der Waals surface area (Å²) in [6.07, 6.45) is -0.466. The fourth-order valence-corrected chi connectivity index (χ4v) is 1.08. The zero-order valence-electron chi connectivity index (χ0n) is 9.43. The Bertz CT molecular complexity index is 360. The lowest BCUT2D eigenvalue weighted by atomic mass is 10.2. The van der Waals surface area contributed by atoms with Gasteiger partial charge in [-0.2, -0.15) is 0 Å². The van der Waals surface area contributed by atoms with Gasteiger partial charge in [-0.25, -0.2) is 9.48 Å². The number of rotatable bonds is 3. The van der Waals surface area contributed by atoms with Crippen LogP contribution in [0.3, 0.4) is 0 Å². The average molecular weight is 244 g/mol.